The van der Waals surface area contributed by atoms with Gasteiger partial charge >= 0.3 is 0 Å². The fourth-order valence-corrected chi connectivity index (χ4v) is 3.54. The van der Waals surface area contributed by atoms with Crippen molar-refractivity contribution < 1.29 is 9.90 Å². The highest BCUT2D eigenvalue weighted by Gasteiger charge is 2.11. The molecule has 4 nitrogen and oxygen atoms in total. The first kappa shape index (κ1) is 17.6. The Hall–Kier alpha value is -2.24. The van der Waals surface area contributed by atoms with E-state index in [1.165, 1.54) is 5.56 Å². The number of aliphatic hydroxyl groups excluding tert-OH is 1. The molecule has 1 atom stereocenters. The number of rotatable bonds is 7. The molecule has 0 aliphatic rings. The molecule has 3 rings (SSSR count). The number of thioether (sulfide) groups is 1. The molecular weight excluding hydrogens is 332 g/mol. The number of hydrogen-bond acceptors (Lipinski definition) is 3. The maximum Gasteiger partial charge on any atom is 0.230 e. The van der Waals surface area contributed by atoms with Crippen molar-refractivity contribution in [2.45, 2.75) is 11.9 Å². The summed E-state index contributed by atoms with van der Waals surface area (Å²) in [5.74, 6) is 1.14. The standard InChI is InChI=1S/C20H22N2O2S/c1-22-10-9-16-11-17(7-8-18(16)22)19(23)12-21-20(24)14-25-13-15-5-3-2-4-6-15/h2-11,19,23H,12-14H2,1H3,(H,21,24). The summed E-state index contributed by atoms with van der Waals surface area (Å²) >= 11 is 1.57. The highest BCUT2D eigenvalue weighted by Crippen LogP contribution is 2.21. The van der Waals surface area contributed by atoms with Crippen molar-refractivity contribution in [3.8, 4) is 0 Å². The van der Waals surface area contributed by atoms with Crippen LogP contribution in [0.2, 0.25) is 0 Å². The molecule has 2 N–H and O–H groups in total. The molecule has 0 bridgehead atoms. The molecule has 3 aromatic rings. The van der Waals surface area contributed by atoms with Gasteiger partial charge in [-0.1, -0.05) is 36.4 Å². The van der Waals surface area contributed by atoms with E-state index >= 15 is 0 Å². The van der Waals surface area contributed by atoms with Gasteiger partial charge in [-0.15, -0.1) is 11.8 Å². The number of aromatic nitrogens is 1. The summed E-state index contributed by atoms with van der Waals surface area (Å²) in [6.45, 7) is 0.225. The second kappa shape index (κ2) is 8.23. The van der Waals surface area contributed by atoms with Crippen LogP contribution in [-0.2, 0) is 17.6 Å². The molecule has 0 radical (unpaired) electrons. The van der Waals surface area contributed by atoms with Gasteiger partial charge in [-0.3, -0.25) is 4.79 Å². The number of nitrogens with one attached hydrogen (secondary N) is 1. The minimum Gasteiger partial charge on any atom is -0.387 e. The van der Waals surface area contributed by atoms with Crippen LogP contribution in [0, 0.1) is 0 Å². The normalized spacial score (nSPS) is 12.2. The molecule has 1 heterocycles. The Morgan fingerprint density at radius 2 is 2.00 bits per heavy atom. The van der Waals surface area contributed by atoms with Crippen molar-refractivity contribution >= 4 is 28.6 Å². The monoisotopic (exact) mass is 354 g/mol. The molecule has 1 aromatic heterocycles. The summed E-state index contributed by atoms with van der Waals surface area (Å²) in [6.07, 6.45) is 1.29. The number of carbonyl (C=O) groups is 1. The van der Waals surface area contributed by atoms with E-state index in [4.69, 9.17) is 0 Å². The van der Waals surface area contributed by atoms with Crippen LogP contribution in [0.3, 0.4) is 0 Å². The van der Waals surface area contributed by atoms with E-state index < -0.39 is 6.10 Å². The summed E-state index contributed by atoms with van der Waals surface area (Å²) in [7, 11) is 1.99. The first-order valence-corrected chi connectivity index (χ1v) is 9.40. The third kappa shape index (κ3) is 4.65. The Kier molecular flexibility index (Phi) is 5.79. The van der Waals surface area contributed by atoms with Crippen molar-refractivity contribution in [2.75, 3.05) is 12.3 Å². The Morgan fingerprint density at radius 1 is 1.20 bits per heavy atom. The van der Waals surface area contributed by atoms with Gasteiger partial charge in [0.25, 0.3) is 0 Å². The van der Waals surface area contributed by atoms with Gasteiger partial charge in [0.05, 0.1) is 11.9 Å². The summed E-state index contributed by atoms with van der Waals surface area (Å²) < 4.78 is 2.04. The van der Waals surface area contributed by atoms with Crippen molar-refractivity contribution in [1.82, 2.24) is 9.88 Å². The lowest BCUT2D eigenvalue weighted by atomic mass is 10.1. The minimum absolute atomic E-state index is 0.0548. The van der Waals surface area contributed by atoms with E-state index in [1.54, 1.807) is 11.8 Å². The molecule has 1 unspecified atom stereocenters. The van der Waals surface area contributed by atoms with Crippen LogP contribution in [0.1, 0.15) is 17.2 Å². The van der Waals surface area contributed by atoms with Crippen LogP contribution < -0.4 is 5.32 Å². The second-order valence-electron chi connectivity index (χ2n) is 6.04. The molecule has 0 aliphatic heterocycles. The number of carbonyl (C=O) groups excluding carboxylic acids is 1. The first-order valence-electron chi connectivity index (χ1n) is 8.25. The third-order valence-corrected chi connectivity index (χ3v) is 5.14. The van der Waals surface area contributed by atoms with Crippen LogP contribution in [0.5, 0.6) is 0 Å². The van der Waals surface area contributed by atoms with Gasteiger partial charge in [-0.25, -0.2) is 0 Å². The number of amides is 1. The molecular formula is C20H22N2O2S. The zero-order valence-corrected chi connectivity index (χ0v) is 15.0. The lowest BCUT2D eigenvalue weighted by Gasteiger charge is -2.13. The maximum absolute atomic E-state index is 11.9. The molecule has 130 valence electrons. The van der Waals surface area contributed by atoms with E-state index in [2.05, 4.69) is 5.32 Å². The highest BCUT2D eigenvalue weighted by molar-refractivity contribution is 7.99. The molecule has 0 aliphatic carbocycles. The van der Waals surface area contributed by atoms with Gasteiger partial charge in [0.15, 0.2) is 0 Å². The Labute approximate surface area is 151 Å². The summed E-state index contributed by atoms with van der Waals surface area (Å²) in [5, 5.41) is 14.2. The molecule has 25 heavy (non-hydrogen) atoms. The van der Waals surface area contributed by atoms with Crippen LogP contribution in [-0.4, -0.2) is 27.9 Å². The lowest BCUT2D eigenvalue weighted by molar-refractivity contribution is -0.119. The Morgan fingerprint density at radius 3 is 2.80 bits per heavy atom. The van der Waals surface area contributed by atoms with Gasteiger partial charge in [-0.05, 0) is 34.7 Å². The molecule has 1 amide bonds. The number of aliphatic hydroxyl groups is 1. The molecule has 5 heteroatoms. The number of benzene rings is 2. The van der Waals surface area contributed by atoms with Crippen LogP contribution in [0.25, 0.3) is 10.9 Å². The van der Waals surface area contributed by atoms with E-state index in [-0.39, 0.29) is 12.5 Å². The maximum atomic E-state index is 11.9. The van der Waals surface area contributed by atoms with Crippen molar-refractivity contribution in [2.24, 2.45) is 7.05 Å². The van der Waals surface area contributed by atoms with E-state index in [0.717, 1.165) is 22.2 Å². The second-order valence-corrected chi connectivity index (χ2v) is 7.03. The smallest absolute Gasteiger partial charge is 0.230 e. The molecule has 0 saturated heterocycles. The van der Waals surface area contributed by atoms with Gasteiger partial charge < -0.3 is 15.0 Å². The van der Waals surface area contributed by atoms with Gasteiger partial charge in [-0.2, -0.15) is 0 Å². The van der Waals surface area contributed by atoms with E-state index in [9.17, 15) is 9.90 Å². The van der Waals surface area contributed by atoms with Crippen molar-refractivity contribution in [3.05, 3.63) is 71.9 Å². The Balaban J connectivity index is 1.45. The van der Waals surface area contributed by atoms with Crippen LogP contribution >= 0.6 is 11.8 Å². The topological polar surface area (TPSA) is 54.3 Å². The predicted molar refractivity (Wildman–Crippen MR) is 103 cm³/mol. The minimum atomic E-state index is -0.701. The zero-order valence-electron chi connectivity index (χ0n) is 14.2. The van der Waals surface area contributed by atoms with Gasteiger partial charge in [0.1, 0.15) is 0 Å². The SMILES string of the molecule is Cn1ccc2cc(C(O)CNC(=O)CSCc3ccccc3)ccc21. The van der Waals surface area contributed by atoms with Crippen molar-refractivity contribution in [1.29, 1.82) is 0 Å². The number of aryl methyl sites for hydroxylation is 1. The number of hydrogen-bond donors (Lipinski definition) is 2. The number of nitrogens with zero attached hydrogens (tertiary/aromatic N) is 1. The lowest BCUT2D eigenvalue weighted by Crippen LogP contribution is -2.29. The third-order valence-electron chi connectivity index (χ3n) is 4.13. The highest BCUT2D eigenvalue weighted by atomic mass is 32.2. The van der Waals surface area contributed by atoms with Gasteiger partial charge in [0, 0.05) is 31.1 Å². The Bertz CT molecular complexity index is 845. The van der Waals surface area contributed by atoms with Gasteiger partial charge in [0.2, 0.25) is 5.91 Å². The average molecular weight is 354 g/mol. The molecule has 0 fully saturated rings. The van der Waals surface area contributed by atoms with Crippen LogP contribution in [0.4, 0.5) is 0 Å². The van der Waals surface area contributed by atoms with Crippen molar-refractivity contribution in [3.63, 3.8) is 0 Å². The molecule has 0 spiro atoms. The largest absolute Gasteiger partial charge is 0.387 e. The first-order chi connectivity index (χ1) is 12.1. The summed E-state index contributed by atoms with van der Waals surface area (Å²) in [4.78, 5) is 11.9. The van der Waals surface area contributed by atoms with E-state index in [1.807, 2.05) is 72.4 Å². The fourth-order valence-electron chi connectivity index (χ4n) is 2.72. The zero-order chi connectivity index (χ0) is 17.6. The summed E-state index contributed by atoms with van der Waals surface area (Å²) in [6, 6.07) is 18.0. The predicted octanol–water partition coefficient (Wildman–Crippen LogP) is 3.26. The fraction of sp³-hybridized carbons (Fsp3) is 0.250. The molecule has 2 aromatic carbocycles. The molecule has 0 saturated carbocycles. The van der Waals surface area contributed by atoms with E-state index in [0.29, 0.717) is 5.75 Å². The van der Waals surface area contributed by atoms with Crippen LogP contribution in [0.15, 0.2) is 60.8 Å². The quantitative estimate of drug-likeness (QED) is 0.685. The number of fused-ring (bicyclic) bond motifs is 1. The summed E-state index contributed by atoms with van der Waals surface area (Å²) in [5.41, 5.74) is 3.14. The average Bonchev–Trinajstić information content (AvgIpc) is 3.01.